The molecule has 0 saturated carbocycles. The fourth-order valence-corrected chi connectivity index (χ4v) is 5.04. The van der Waals surface area contributed by atoms with Gasteiger partial charge in [-0.25, -0.2) is 8.42 Å². The number of thiophene rings is 1. The first-order valence-corrected chi connectivity index (χ1v) is 10.9. The van der Waals surface area contributed by atoms with Crippen molar-refractivity contribution in [2.24, 2.45) is 0 Å². The maximum absolute atomic E-state index is 13.3. The Balaban J connectivity index is 1.62. The van der Waals surface area contributed by atoms with Gasteiger partial charge in [0.15, 0.2) is 11.5 Å². The standard InChI is InChI=1S/C19H19NO5S2/c21-27(22,17-3-4-18-19(12-17)25-10-9-24-18)20(13-15-6-8-23-14-15)7-5-16-2-1-11-26-16/h1-4,6,8,11-12,14H,5,7,9-10,13H2. The molecule has 27 heavy (non-hydrogen) atoms. The lowest BCUT2D eigenvalue weighted by molar-refractivity contribution is 0.171. The summed E-state index contributed by atoms with van der Waals surface area (Å²) in [5.74, 6) is 1.03. The maximum atomic E-state index is 13.3. The molecule has 0 amide bonds. The molecule has 0 atom stereocenters. The normalized spacial score (nSPS) is 13.8. The van der Waals surface area contributed by atoms with E-state index >= 15 is 0 Å². The van der Waals surface area contributed by atoms with Crippen LogP contribution in [0, 0.1) is 0 Å². The van der Waals surface area contributed by atoms with E-state index in [1.165, 1.54) is 10.4 Å². The summed E-state index contributed by atoms with van der Waals surface area (Å²) in [5.41, 5.74) is 0.808. The van der Waals surface area contributed by atoms with Gasteiger partial charge in [-0.2, -0.15) is 4.31 Å². The minimum atomic E-state index is -3.70. The second-order valence-electron chi connectivity index (χ2n) is 6.11. The van der Waals surface area contributed by atoms with Crippen LogP contribution in [0.5, 0.6) is 11.5 Å². The second-order valence-corrected chi connectivity index (χ2v) is 9.08. The van der Waals surface area contributed by atoms with Gasteiger partial charge in [0.05, 0.1) is 17.4 Å². The minimum Gasteiger partial charge on any atom is -0.486 e. The Labute approximate surface area is 162 Å². The summed E-state index contributed by atoms with van der Waals surface area (Å²) in [6, 6.07) is 10.5. The average Bonchev–Trinajstić information content (AvgIpc) is 3.38. The molecule has 1 aliphatic heterocycles. The topological polar surface area (TPSA) is 69.0 Å². The maximum Gasteiger partial charge on any atom is 0.243 e. The van der Waals surface area contributed by atoms with Gasteiger partial charge < -0.3 is 13.9 Å². The van der Waals surface area contributed by atoms with Crippen LogP contribution in [0.1, 0.15) is 10.4 Å². The molecule has 0 N–H and O–H groups in total. The summed E-state index contributed by atoms with van der Waals surface area (Å²) >= 11 is 1.62. The molecule has 4 rings (SSSR count). The fraction of sp³-hybridized carbons (Fsp3) is 0.263. The molecule has 0 bridgehead atoms. The molecule has 0 radical (unpaired) electrons. The van der Waals surface area contributed by atoms with Gasteiger partial charge in [0.25, 0.3) is 0 Å². The smallest absolute Gasteiger partial charge is 0.243 e. The molecular formula is C19H19NO5S2. The van der Waals surface area contributed by atoms with Crippen molar-refractivity contribution in [2.45, 2.75) is 17.9 Å². The van der Waals surface area contributed by atoms with Crippen molar-refractivity contribution in [3.05, 3.63) is 64.7 Å². The van der Waals surface area contributed by atoms with E-state index < -0.39 is 10.0 Å². The predicted molar refractivity (Wildman–Crippen MR) is 102 cm³/mol. The SMILES string of the molecule is O=S(=O)(c1ccc2c(c1)OCCO2)N(CCc1cccs1)Cc1ccoc1. The van der Waals surface area contributed by atoms with E-state index in [9.17, 15) is 8.42 Å². The Morgan fingerprint density at radius 3 is 2.67 bits per heavy atom. The highest BCUT2D eigenvalue weighted by Crippen LogP contribution is 2.33. The molecule has 3 heterocycles. The molecule has 8 heteroatoms. The van der Waals surface area contributed by atoms with Gasteiger partial charge in [-0.3, -0.25) is 0 Å². The van der Waals surface area contributed by atoms with Crippen LogP contribution in [0.3, 0.4) is 0 Å². The van der Waals surface area contributed by atoms with Crippen molar-refractivity contribution in [1.29, 1.82) is 0 Å². The number of furan rings is 1. The zero-order valence-corrected chi connectivity index (χ0v) is 16.2. The van der Waals surface area contributed by atoms with E-state index in [1.807, 2.05) is 17.5 Å². The fourth-order valence-electron chi connectivity index (χ4n) is 2.89. The molecule has 0 spiro atoms. The Morgan fingerprint density at radius 1 is 1.07 bits per heavy atom. The number of benzene rings is 1. The third-order valence-electron chi connectivity index (χ3n) is 4.28. The van der Waals surface area contributed by atoms with Gasteiger partial charge in [-0.15, -0.1) is 11.3 Å². The predicted octanol–water partition coefficient (Wildman–Crippen LogP) is 3.55. The Kier molecular flexibility index (Phi) is 5.20. The second kappa shape index (κ2) is 7.75. The third-order valence-corrected chi connectivity index (χ3v) is 7.06. The van der Waals surface area contributed by atoms with Crippen LogP contribution in [0.2, 0.25) is 0 Å². The van der Waals surface area contributed by atoms with E-state index in [0.29, 0.717) is 37.7 Å². The highest BCUT2D eigenvalue weighted by atomic mass is 32.2. The van der Waals surface area contributed by atoms with Gasteiger partial charge >= 0.3 is 0 Å². The summed E-state index contributed by atoms with van der Waals surface area (Å²) in [6.45, 7) is 1.50. The van der Waals surface area contributed by atoms with Crippen molar-refractivity contribution in [1.82, 2.24) is 4.31 Å². The molecule has 0 unspecified atom stereocenters. The van der Waals surface area contributed by atoms with Crippen molar-refractivity contribution >= 4 is 21.4 Å². The summed E-state index contributed by atoms with van der Waals surface area (Å²) in [4.78, 5) is 1.34. The van der Waals surface area contributed by atoms with Crippen LogP contribution < -0.4 is 9.47 Å². The molecule has 1 aromatic carbocycles. The molecule has 3 aromatic rings. The first-order valence-electron chi connectivity index (χ1n) is 8.56. The van der Waals surface area contributed by atoms with Crippen LogP contribution in [0.25, 0.3) is 0 Å². The van der Waals surface area contributed by atoms with Crippen molar-refractivity contribution < 1.29 is 22.3 Å². The lowest BCUT2D eigenvalue weighted by atomic mass is 10.3. The Bertz CT molecular complexity index is 981. The summed E-state index contributed by atoms with van der Waals surface area (Å²) in [7, 11) is -3.70. The van der Waals surface area contributed by atoms with Crippen LogP contribution in [0.15, 0.2) is 63.6 Å². The van der Waals surface area contributed by atoms with Gasteiger partial charge in [0, 0.05) is 29.6 Å². The van der Waals surface area contributed by atoms with Crippen molar-refractivity contribution in [3.8, 4) is 11.5 Å². The van der Waals surface area contributed by atoms with E-state index in [0.717, 1.165) is 10.4 Å². The quantitative estimate of drug-likeness (QED) is 0.601. The number of rotatable bonds is 7. The minimum absolute atomic E-state index is 0.196. The molecule has 0 fully saturated rings. The summed E-state index contributed by atoms with van der Waals surface area (Å²) in [6.07, 6.45) is 3.76. The first kappa shape index (κ1) is 18.1. The van der Waals surface area contributed by atoms with Crippen molar-refractivity contribution in [3.63, 3.8) is 0 Å². The number of sulfonamides is 1. The highest BCUT2D eigenvalue weighted by Gasteiger charge is 2.27. The highest BCUT2D eigenvalue weighted by molar-refractivity contribution is 7.89. The molecule has 142 valence electrons. The number of ether oxygens (including phenoxy) is 2. The van der Waals surface area contributed by atoms with Crippen molar-refractivity contribution in [2.75, 3.05) is 19.8 Å². The first-order chi connectivity index (χ1) is 13.1. The van der Waals surface area contributed by atoms with E-state index in [2.05, 4.69) is 0 Å². The molecular weight excluding hydrogens is 386 g/mol. The number of hydrogen-bond acceptors (Lipinski definition) is 6. The zero-order chi connectivity index (χ0) is 18.7. The molecule has 1 aliphatic rings. The average molecular weight is 405 g/mol. The van der Waals surface area contributed by atoms with Gasteiger partial charge in [0.2, 0.25) is 10.0 Å². The third kappa shape index (κ3) is 4.02. The molecule has 0 aliphatic carbocycles. The molecule has 6 nitrogen and oxygen atoms in total. The van der Waals surface area contributed by atoms with Crippen LogP contribution >= 0.6 is 11.3 Å². The van der Waals surface area contributed by atoms with E-state index in [4.69, 9.17) is 13.9 Å². The largest absolute Gasteiger partial charge is 0.486 e. The Hall–Kier alpha value is -2.29. The lowest BCUT2D eigenvalue weighted by Crippen LogP contribution is -2.32. The lowest BCUT2D eigenvalue weighted by Gasteiger charge is -2.23. The van der Waals surface area contributed by atoms with Gasteiger partial charge in [-0.05, 0) is 36.1 Å². The monoisotopic (exact) mass is 405 g/mol. The number of hydrogen-bond donors (Lipinski definition) is 0. The van der Waals surface area contributed by atoms with Crippen LogP contribution in [-0.4, -0.2) is 32.5 Å². The molecule has 2 aromatic heterocycles. The van der Waals surface area contributed by atoms with Gasteiger partial charge in [0.1, 0.15) is 13.2 Å². The number of nitrogens with zero attached hydrogens (tertiary/aromatic N) is 1. The van der Waals surface area contributed by atoms with Crippen LogP contribution in [-0.2, 0) is 23.0 Å². The van der Waals surface area contributed by atoms with E-state index in [1.54, 1.807) is 42.1 Å². The number of fused-ring (bicyclic) bond motifs is 1. The van der Waals surface area contributed by atoms with E-state index in [-0.39, 0.29) is 11.4 Å². The molecule has 0 saturated heterocycles. The summed E-state index contributed by atoms with van der Waals surface area (Å²) in [5, 5.41) is 1.99. The zero-order valence-electron chi connectivity index (χ0n) is 14.5. The Morgan fingerprint density at radius 2 is 1.93 bits per heavy atom. The van der Waals surface area contributed by atoms with Gasteiger partial charge in [-0.1, -0.05) is 6.07 Å². The summed E-state index contributed by atoms with van der Waals surface area (Å²) < 4.78 is 44.2. The van der Waals surface area contributed by atoms with Crippen LogP contribution in [0.4, 0.5) is 0 Å².